The van der Waals surface area contributed by atoms with Crippen LogP contribution in [-0.2, 0) is 20.2 Å². The van der Waals surface area contributed by atoms with Gasteiger partial charge in [0, 0.05) is 40.7 Å². The fourth-order valence-electron chi connectivity index (χ4n) is 4.42. The van der Waals surface area contributed by atoms with Crippen molar-refractivity contribution in [2.45, 2.75) is 28.7 Å². The maximum Gasteiger partial charge on any atom is 1.00 e. The number of nitrogens with zero attached hydrogens (tertiary/aromatic N) is 2. The fraction of sp³-hybridized carbons (Fsp3) is 0.120. The molecule has 1 fully saturated rings. The standard InChI is InChI=1S/C25H20N4O10S2.2Na/c30-24(14-3-1-4-17(11-14)29(32)33)26-15-12-21(28(13-15)16-7-8-16)25(31)27-20-10-9-18-19(23(20)41(37,38)39)5-2-6-22(18)40(34,35)36;;/h1-6,9-13,16H,7-8H2,(H,26,30)(H,27,31)(H,34,35,36)(H,37,38,39);;/q;2*+1/p-2. The summed E-state index contributed by atoms with van der Waals surface area (Å²) < 4.78 is 73.2. The number of non-ortho nitro benzene ring substituents is 1. The van der Waals surface area contributed by atoms with Crippen LogP contribution in [-0.4, -0.2) is 47.2 Å². The van der Waals surface area contributed by atoms with E-state index in [0.717, 1.165) is 49.2 Å². The number of benzene rings is 3. The number of aromatic nitrogens is 1. The van der Waals surface area contributed by atoms with Gasteiger partial charge in [0.05, 0.1) is 26.1 Å². The van der Waals surface area contributed by atoms with E-state index in [9.17, 15) is 45.6 Å². The predicted molar refractivity (Wildman–Crippen MR) is 142 cm³/mol. The molecule has 43 heavy (non-hydrogen) atoms. The largest absolute Gasteiger partial charge is 1.00 e. The minimum atomic E-state index is -5.29. The number of rotatable bonds is 8. The molecule has 18 heteroatoms. The average Bonchev–Trinajstić information content (AvgIpc) is 3.66. The molecule has 5 rings (SSSR count). The topological polar surface area (TPSA) is 221 Å². The summed E-state index contributed by atoms with van der Waals surface area (Å²) in [6.45, 7) is 0. The first-order chi connectivity index (χ1) is 19.2. The van der Waals surface area contributed by atoms with Crippen LogP contribution in [0.15, 0.2) is 76.7 Å². The molecule has 0 spiro atoms. The van der Waals surface area contributed by atoms with Gasteiger partial charge >= 0.3 is 59.1 Å². The van der Waals surface area contributed by atoms with Crippen molar-refractivity contribution >= 4 is 59.9 Å². The number of hydrogen-bond donors (Lipinski definition) is 2. The van der Waals surface area contributed by atoms with E-state index < -0.39 is 52.5 Å². The second-order valence-corrected chi connectivity index (χ2v) is 11.8. The molecule has 1 heterocycles. The third-order valence-corrected chi connectivity index (χ3v) is 8.17. The quantitative estimate of drug-likeness (QED) is 0.0868. The summed E-state index contributed by atoms with van der Waals surface area (Å²) in [6, 6.07) is 11.6. The van der Waals surface area contributed by atoms with Crippen LogP contribution in [0.5, 0.6) is 0 Å². The van der Waals surface area contributed by atoms with Crippen molar-refractivity contribution < 1.29 is 99.6 Å². The number of fused-ring (bicyclic) bond motifs is 1. The van der Waals surface area contributed by atoms with Gasteiger partial charge in [0.15, 0.2) is 0 Å². The number of nitro benzene ring substituents is 1. The molecule has 2 N–H and O–H groups in total. The van der Waals surface area contributed by atoms with E-state index in [-0.39, 0.29) is 98.6 Å². The Morgan fingerprint density at radius 3 is 2.12 bits per heavy atom. The van der Waals surface area contributed by atoms with Gasteiger partial charge in [0.1, 0.15) is 25.9 Å². The van der Waals surface area contributed by atoms with Gasteiger partial charge in [0.25, 0.3) is 17.5 Å². The minimum Gasteiger partial charge on any atom is -0.744 e. The second kappa shape index (κ2) is 13.2. The summed E-state index contributed by atoms with van der Waals surface area (Å²) in [7, 11) is -10.3. The smallest absolute Gasteiger partial charge is 0.744 e. The van der Waals surface area contributed by atoms with E-state index in [1.807, 2.05) is 0 Å². The molecule has 0 unspecified atom stereocenters. The molecule has 212 valence electrons. The molecular weight excluding hydrogens is 626 g/mol. The summed E-state index contributed by atoms with van der Waals surface area (Å²) >= 11 is 0. The van der Waals surface area contributed by atoms with Crippen molar-refractivity contribution in [1.82, 2.24) is 4.57 Å². The van der Waals surface area contributed by atoms with Crippen LogP contribution in [0.25, 0.3) is 10.8 Å². The molecule has 0 bridgehead atoms. The van der Waals surface area contributed by atoms with Gasteiger partial charge in [-0.05, 0) is 37.1 Å². The number of amides is 2. The monoisotopic (exact) mass is 644 g/mol. The van der Waals surface area contributed by atoms with Crippen LogP contribution >= 0.6 is 0 Å². The zero-order valence-corrected chi connectivity index (χ0v) is 28.3. The Labute approximate surface area is 289 Å². The van der Waals surface area contributed by atoms with Gasteiger partial charge in [0.2, 0.25) is 0 Å². The van der Waals surface area contributed by atoms with Crippen LogP contribution in [0, 0.1) is 10.1 Å². The van der Waals surface area contributed by atoms with E-state index in [4.69, 9.17) is 0 Å². The van der Waals surface area contributed by atoms with Gasteiger partial charge in [-0.1, -0.05) is 24.3 Å². The Bertz CT molecular complexity index is 1990. The summed E-state index contributed by atoms with van der Waals surface area (Å²) in [5.41, 5.74) is -0.534. The van der Waals surface area contributed by atoms with Crippen LogP contribution in [0.2, 0.25) is 0 Å². The summed E-state index contributed by atoms with van der Waals surface area (Å²) in [6.07, 6.45) is 2.92. The molecule has 0 saturated heterocycles. The van der Waals surface area contributed by atoms with Gasteiger partial charge in [-0.25, -0.2) is 16.8 Å². The number of anilines is 2. The summed E-state index contributed by atoms with van der Waals surface area (Å²) in [5.74, 6) is -1.52. The SMILES string of the molecule is O=C(Nc1cc(C(=O)Nc2ccc3c(S(=O)(=O)[O-])cccc3c2S(=O)(=O)[O-])n(C2CC2)c1)c1cccc([N+](=O)[O-])c1.[Na+].[Na+]. The molecule has 1 saturated carbocycles. The molecule has 2 amide bonds. The number of nitrogens with one attached hydrogen (secondary N) is 2. The predicted octanol–water partition coefficient (Wildman–Crippen LogP) is -2.79. The van der Waals surface area contributed by atoms with Crippen LogP contribution in [0.4, 0.5) is 17.1 Å². The van der Waals surface area contributed by atoms with Crippen molar-refractivity contribution in [2.75, 3.05) is 10.6 Å². The molecule has 14 nitrogen and oxygen atoms in total. The first kappa shape index (κ1) is 34.8. The Morgan fingerprint density at radius 1 is 0.837 bits per heavy atom. The van der Waals surface area contributed by atoms with Crippen molar-refractivity contribution in [3.63, 3.8) is 0 Å². The molecule has 1 aromatic heterocycles. The molecule has 1 aliphatic rings. The average molecular weight is 645 g/mol. The molecule has 0 radical (unpaired) electrons. The van der Waals surface area contributed by atoms with E-state index >= 15 is 0 Å². The molecular formula is C25H18N4Na2O10S2. The number of carbonyl (C=O) groups excluding carboxylic acids is 2. The minimum absolute atomic E-state index is 0. The molecule has 4 aromatic rings. The number of carbonyl (C=O) groups is 2. The third-order valence-electron chi connectivity index (χ3n) is 6.34. The van der Waals surface area contributed by atoms with E-state index in [2.05, 4.69) is 10.6 Å². The van der Waals surface area contributed by atoms with Gasteiger partial charge in [-0.15, -0.1) is 0 Å². The van der Waals surface area contributed by atoms with Crippen molar-refractivity contribution in [2.24, 2.45) is 0 Å². The second-order valence-electron chi connectivity index (χ2n) is 9.17. The first-order valence-corrected chi connectivity index (χ1v) is 14.6. The molecule has 3 aromatic carbocycles. The van der Waals surface area contributed by atoms with Crippen molar-refractivity contribution in [3.05, 3.63) is 88.2 Å². The Balaban J connectivity index is 0.00000253. The summed E-state index contributed by atoms with van der Waals surface area (Å²) in [5, 5.41) is 15.3. The molecule has 0 atom stereocenters. The van der Waals surface area contributed by atoms with E-state index in [1.165, 1.54) is 30.5 Å². The van der Waals surface area contributed by atoms with E-state index in [1.54, 1.807) is 4.57 Å². The Hall–Kier alpha value is -2.64. The Kier molecular flexibility index (Phi) is 10.7. The number of hydrogen-bond acceptors (Lipinski definition) is 10. The van der Waals surface area contributed by atoms with Gasteiger partial charge < -0.3 is 24.3 Å². The maximum atomic E-state index is 13.3. The van der Waals surface area contributed by atoms with E-state index in [0.29, 0.717) is 0 Å². The number of nitro groups is 1. The van der Waals surface area contributed by atoms with Gasteiger partial charge in [-0.2, -0.15) is 0 Å². The summed E-state index contributed by atoms with van der Waals surface area (Å²) in [4.78, 5) is 34.8. The third kappa shape index (κ3) is 7.54. The van der Waals surface area contributed by atoms with Crippen molar-refractivity contribution in [3.8, 4) is 0 Å². The van der Waals surface area contributed by atoms with Crippen LogP contribution in [0.3, 0.4) is 0 Å². The molecule has 0 aliphatic heterocycles. The zero-order chi connectivity index (χ0) is 29.7. The normalized spacial score (nSPS) is 13.0. The fourth-order valence-corrected chi connectivity index (χ4v) is 5.95. The van der Waals surface area contributed by atoms with Crippen LogP contribution < -0.4 is 69.7 Å². The zero-order valence-electron chi connectivity index (χ0n) is 22.6. The molecule has 1 aliphatic carbocycles. The van der Waals surface area contributed by atoms with Crippen molar-refractivity contribution in [1.29, 1.82) is 0 Å². The maximum absolute atomic E-state index is 13.3. The van der Waals surface area contributed by atoms with Crippen LogP contribution in [0.1, 0.15) is 39.7 Å². The first-order valence-electron chi connectivity index (χ1n) is 11.8. The van der Waals surface area contributed by atoms with Gasteiger partial charge in [-0.3, -0.25) is 19.7 Å². The Morgan fingerprint density at radius 2 is 1.51 bits per heavy atom.